The van der Waals surface area contributed by atoms with Gasteiger partial charge >= 0.3 is 0 Å². The number of aryl methyl sites for hydroxylation is 1. The van der Waals surface area contributed by atoms with Crippen molar-refractivity contribution in [1.82, 2.24) is 14.9 Å². The van der Waals surface area contributed by atoms with Crippen LogP contribution in [0, 0.1) is 12.3 Å². The molecule has 2 amide bonds. The molecule has 0 spiro atoms. The van der Waals surface area contributed by atoms with Gasteiger partial charge in [-0.05, 0) is 37.5 Å². The molecule has 0 unspecified atom stereocenters. The third-order valence-electron chi connectivity index (χ3n) is 5.39. The monoisotopic (exact) mass is 365 g/mol. The first kappa shape index (κ1) is 17.5. The molecule has 0 bridgehead atoms. The zero-order valence-corrected chi connectivity index (χ0v) is 15.4. The van der Waals surface area contributed by atoms with E-state index in [-0.39, 0.29) is 11.8 Å². The minimum absolute atomic E-state index is 0.0535. The number of para-hydroxylation sites is 1. The van der Waals surface area contributed by atoms with E-state index in [0.29, 0.717) is 45.0 Å². The first-order valence-electron chi connectivity index (χ1n) is 9.29. The van der Waals surface area contributed by atoms with Crippen molar-refractivity contribution >= 4 is 23.5 Å². The highest BCUT2D eigenvalue weighted by atomic mass is 16.2. The van der Waals surface area contributed by atoms with Crippen molar-refractivity contribution in [2.45, 2.75) is 19.8 Å². The fraction of sp³-hybridized carbons (Fsp3) is 0.400. The minimum Gasteiger partial charge on any atom is -0.338 e. The predicted molar refractivity (Wildman–Crippen MR) is 102 cm³/mol. The van der Waals surface area contributed by atoms with Crippen LogP contribution in [0.1, 0.15) is 18.4 Å². The molecule has 0 radical (unpaired) electrons. The number of hydrogen-bond acceptors (Lipinski definition) is 5. The third kappa shape index (κ3) is 3.37. The molecule has 1 N–H and O–H groups in total. The molecule has 4 rings (SSSR count). The zero-order valence-electron chi connectivity index (χ0n) is 15.4. The summed E-state index contributed by atoms with van der Waals surface area (Å²) in [5.74, 6) is 0.445. The number of benzene rings is 1. The molecule has 2 fully saturated rings. The van der Waals surface area contributed by atoms with Crippen LogP contribution in [0.4, 0.5) is 11.6 Å². The van der Waals surface area contributed by atoms with Gasteiger partial charge in [0, 0.05) is 44.3 Å². The van der Waals surface area contributed by atoms with Crippen LogP contribution < -0.4 is 10.2 Å². The fourth-order valence-electron chi connectivity index (χ4n) is 3.48. The van der Waals surface area contributed by atoms with Gasteiger partial charge in [-0.25, -0.2) is 9.97 Å². The summed E-state index contributed by atoms with van der Waals surface area (Å²) in [6.07, 6.45) is 4.67. The minimum atomic E-state index is -0.895. The van der Waals surface area contributed by atoms with Crippen molar-refractivity contribution in [3.8, 4) is 0 Å². The number of amides is 2. The van der Waals surface area contributed by atoms with Crippen molar-refractivity contribution in [1.29, 1.82) is 0 Å². The molecule has 1 aliphatic heterocycles. The number of nitrogens with one attached hydrogen (secondary N) is 1. The second-order valence-electron chi connectivity index (χ2n) is 7.18. The molecule has 140 valence electrons. The van der Waals surface area contributed by atoms with Crippen LogP contribution in [0.2, 0.25) is 0 Å². The van der Waals surface area contributed by atoms with Crippen molar-refractivity contribution < 1.29 is 9.59 Å². The van der Waals surface area contributed by atoms with Crippen molar-refractivity contribution in [2.75, 3.05) is 36.4 Å². The Kier molecular flexibility index (Phi) is 4.51. The Morgan fingerprint density at radius 3 is 2.30 bits per heavy atom. The number of rotatable bonds is 4. The number of carbonyl (C=O) groups excluding carboxylic acids is 2. The summed E-state index contributed by atoms with van der Waals surface area (Å²) in [7, 11) is 0. The van der Waals surface area contributed by atoms with E-state index < -0.39 is 5.41 Å². The van der Waals surface area contributed by atoms with Gasteiger partial charge in [0.25, 0.3) is 0 Å². The number of piperazine rings is 1. The highest BCUT2D eigenvalue weighted by Crippen LogP contribution is 2.48. The highest BCUT2D eigenvalue weighted by Gasteiger charge is 2.58. The highest BCUT2D eigenvalue weighted by molar-refractivity contribution is 6.13. The van der Waals surface area contributed by atoms with Crippen molar-refractivity contribution in [3.05, 3.63) is 48.3 Å². The summed E-state index contributed by atoms with van der Waals surface area (Å²) in [5, 5.41) is 2.95. The summed E-state index contributed by atoms with van der Waals surface area (Å²) in [6.45, 7) is 4.45. The standard InChI is InChI=1S/C20H23N5O2/c1-15-5-2-3-6-16(15)23-17(26)20(7-8-20)18(27)24-11-13-25(14-12-24)19-21-9-4-10-22-19/h2-6,9-10H,7-8,11-14H2,1H3,(H,23,26). The molecule has 7 nitrogen and oxygen atoms in total. The Morgan fingerprint density at radius 1 is 1.00 bits per heavy atom. The van der Waals surface area contributed by atoms with Gasteiger partial charge in [0.15, 0.2) is 0 Å². The first-order valence-corrected chi connectivity index (χ1v) is 9.29. The Labute approximate surface area is 158 Å². The van der Waals surface area contributed by atoms with Gasteiger partial charge < -0.3 is 15.1 Å². The third-order valence-corrected chi connectivity index (χ3v) is 5.39. The molecule has 1 saturated carbocycles. The van der Waals surface area contributed by atoms with Crippen LogP contribution in [-0.4, -0.2) is 52.9 Å². The maximum Gasteiger partial charge on any atom is 0.240 e. The maximum absolute atomic E-state index is 13.1. The Hall–Kier alpha value is -2.96. The Morgan fingerprint density at radius 2 is 1.67 bits per heavy atom. The molecule has 1 aromatic heterocycles. The lowest BCUT2D eigenvalue weighted by Crippen LogP contribution is -2.53. The SMILES string of the molecule is Cc1ccccc1NC(=O)C1(C(=O)N2CCN(c3ncccn3)CC2)CC1. The Balaban J connectivity index is 1.39. The van der Waals surface area contributed by atoms with E-state index in [1.54, 1.807) is 18.5 Å². The summed E-state index contributed by atoms with van der Waals surface area (Å²) in [6, 6.07) is 9.41. The van der Waals surface area contributed by atoms with E-state index in [0.717, 1.165) is 11.3 Å². The normalized spacial score (nSPS) is 18.1. The number of nitrogens with zero attached hydrogens (tertiary/aromatic N) is 4. The van der Waals surface area contributed by atoms with Gasteiger partial charge in [-0.15, -0.1) is 0 Å². The summed E-state index contributed by atoms with van der Waals surface area (Å²) >= 11 is 0. The second kappa shape index (κ2) is 6.98. The largest absolute Gasteiger partial charge is 0.338 e. The number of anilines is 2. The molecule has 2 aliphatic rings. The maximum atomic E-state index is 13.1. The van der Waals surface area contributed by atoms with Gasteiger partial charge in [0.05, 0.1) is 0 Å². The molecule has 7 heteroatoms. The molecule has 27 heavy (non-hydrogen) atoms. The smallest absolute Gasteiger partial charge is 0.240 e. The Bertz CT molecular complexity index is 842. The quantitative estimate of drug-likeness (QED) is 0.837. The van der Waals surface area contributed by atoms with Crippen LogP contribution in [-0.2, 0) is 9.59 Å². The van der Waals surface area contributed by atoms with E-state index >= 15 is 0 Å². The number of carbonyl (C=O) groups is 2. The van der Waals surface area contributed by atoms with Crippen LogP contribution in [0.15, 0.2) is 42.7 Å². The summed E-state index contributed by atoms with van der Waals surface area (Å²) in [4.78, 5) is 38.3. The van der Waals surface area contributed by atoms with E-state index in [9.17, 15) is 9.59 Å². The van der Waals surface area contributed by atoms with Crippen LogP contribution >= 0.6 is 0 Å². The second-order valence-corrected chi connectivity index (χ2v) is 7.18. The predicted octanol–water partition coefficient (Wildman–Crippen LogP) is 1.85. The fourth-order valence-corrected chi connectivity index (χ4v) is 3.48. The molecule has 0 atom stereocenters. The van der Waals surface area contributed by atoms with Gasteiger partial charge in [0.2, 0.25) is 17.8 Å². The number of hydrogen-bond donors (Lipinski definition) is 1. The van der Waals surface area contributed by atoms with E-state index in [1.807, 2.05) is 36.1 Å². The van der Waals surface area contributed by atoms with E-state index in [1.165, 1.54) is 0 Å². The lowest BCUT2D eigenvalue weighted by atomic mass is 10.0. The molecule has 2 aromatic rings. The molecule has 1 saturated heterocycles. The first-order chi connectivity index (χ1) is 13.1. The zero-order chi connectivity index (χ0) is 18.9. The molecular weight excluding hydrogens is 342 g/mol. The number of aromatic nitrogens is 2. The molecule has 2 heterocycles. The van der Waals surface area contributed by atoms with Crippen molar-refractivity contribution in [3.63, 3.8) is 0 Å². The van der Waals surface area contributed by atoms with Crippen molar-refractivity contribution in [2.24, 2.45) is 5.41 Å². The van der Waals surface area contributed by atoms with Crippen LogP contribution in [0.5, 0.6) is 0 Å². The lowest BCUT2D eigenvalue weighted by Gasteiger charge is -2.36. The molecule has 1 aliphatic carbocycles. The topological polar surface area (TPSA) is 78.4 Å². The lowest BCUT2D eigenvalue weighted by molar-refractivity contribution is -0.142. The van der Waals surface area contributed by atoms with Crippen LogP contribution in [0.3, 0.4) is 0 Å². The van der Waals surface area contributed by atoms with Gasteiger partial charge in [-0.3, -0.25) is 9.59 Å². The van der Waals surface area contributed by atoms with Gasteiger partial charge in [-0.1, -0.05) is 18.2 Å². The molecular formula is C20H23N5O2. The van der Waals surface area contributed by atoms with Gasteiger partial charge in [0.1, 0.15) is 5.41 Å². The van der Waals surface area contributed by atoms with Crippen LogP contribution in [0.25, 0.3) is 0 Å². The van der Waals surface area contributed by atoms with Gasteiger partial charge in [-0.2, -0.15) is 0 Å². The summed E-state index contributed by atoms with van der Waals surface area (Å²) < 4.78 is 0. The molecule has 1 aromatic carbocycles. The summed E-state index contributed by atoms with van der Waals surface area (Å²) in [5.41, 5.74) is 0.867. The average Bonchev–Trinajstić information content (AvgIpc) is 3.52. The average molecular weight is 365 g/mol. The van der Waals surface area contributed by atoms with E-state index in [2.05, 4.69) is 20.2 Å². The van der Waals surface area contributed by atoms with E-state index in [4.69, 9.17) is 0 Å².